The van der Waals surface area contributed by atoms with Crippen LogP contribution in [0.15, 0.2) is 18.2 Å². The van der Waals surface area contributed by atoms with Gasteiger partial charge in [-0.05, 0) is 30.9 Å². The summed E-state index contributed by atoms with van der Waals surface area (Å²) in [4.78, 5) is 11.2. The Morgan fingerprint density at radius 2 is 2.39 bits per heavy atom. The summed E-state index contributed by atoms with van der Waals surface area (Å²) in [6, 6.07) is 5.46. The van der Waals surface area contributed by atoms with Crippen molar-refractivity contribution in [2.45, 2.75) is 32.2 Å². The zero-order chi connectivity index (χ0) is 12.7. The van der Waals surface area contributed by atoms with Gasteiger partial charge in [-0.1, -0.05) is 24.6 Å². The Hall–Kier alpha value is -1.91. The molecule has 1 aromatic heterocycles. The second-order valence-electron chi connectivity index (χ2n) is 4.86. The maximum atomic E-state index is 11.2. The molecule has 1 aromatic carbocycles. The summed E-state index contributed by atoms with van der Waals surface area (Å²) < 4.78 is 1.80. The lowest BCUT2D eigenvalue weighted by Gasteiger charge is -2.03. The van der Waals surface area contributed by atoms with Crippen LogP contribution in [-0.4, -0.2) is 26.1 Å². The molecule has 5 heteroatoms. The standard InChI is InChI=1S/C13H15N3O2/c1-2-4-8-7-11(8)16-12-9(13(17)18)5-3-6-10(12)14-15-16/h3,5-6,8,11H,2,4,7H2,1H3,(H,17,18). The fourth-order valence-corrected chi connectivity index (χ4v) is 2.61. The van der Waals surface area contributed by atoms with E-state index < -0.39 is 5.97 Å². The van der Waals surface area contributed by atoms with Crippen molar-refractivity contribution in [2.75, 3.05) is 0 Å². The predicted molar refractivity (Wildman–Crippen MR) is 66.5 cm³/mol. The minimum absolute atomic E-state index is 0.291. The SMILES string of the molecule is CCCC1CC1n1nnc2cccc(C(=O)O)c21. The fraction of sp³-hybridized carbons (Fsp3) is 0.462. The van der Waals surface area contributed by atoms with Crippen molar-refractivity contribution in [3.05, 3.63) is 23.8 Å². The van der Waals surface area contributed by atoms with Gasteiger partial charge in [0.25, 0.3) is 0 Å². The van der Waals surface area contributed by atoms with Gasteiger partial charge in [-0.3, -0.25) is 0 Å². The van der Waals surface area contributed by atoms with Crippen LogP contribution in [0.2, 0.25) is 0 Å². The van der Waals surface area contributed by atoms with E-state index in [1.165, 1.54) is 6.42 Å². The molecule has 0 aliphatic heterocycles. The first kappa shape index (κ1) is 11.2. The quantitative estimate of drug-likeness (QED) is 0.898. The van der Waals surface area contributed by atoms with Crippen LogP contribution in [0, 0.1) is 5.92 Å². The number of aromatic carboxylic acids is 1. The lowest BCUT2D eigenvalue weighted by molar-refractivity contribution is 0.0698. The molecule has 0 radical (unpaired) electrons. The highest BCUT2D eigenvalue weighted by Gasteiger charge is 2.40. The van der Waals surface area contributed by atoms with Gasteiger partial charge in [0, 0.05) is 0 Å². The number of carboxylic acids is 1. The van der Waals surface area contributed by atoms with Crippen LogP contribution in [0.5, 0.6) is 0 Å². The van der Waals surface area contributed by atoms with E-state index >= 15 is 0 Å². The predicted octanol–water partition coefficient (Wildman–Crippen LogP) is 2.49. The average Bonchev–Trinajstić information content (AvgIpc) is 2.98. The molecule has 1 N–H and O–H groups in total. The van der Waals surface area contributed by atoms with E-state index in [0.717, 1.165) is 12.8 Å². The summed E-state index contributed by atoms with van der Waals surface area (Å²) in [5, 5.41) is 17.4. The van der Waals surface area contributed by atoms with Crippen molar-refractivity contribution in [3.8, 4) is 0 Å². The van der Waals surface area contributed by atoms with E-state index in [1.54, 1.807) is 16.8 Å². The molecule has 18 heavy (non-hydrogen) atoms. The molecule has 3 rings (SSSR count). The van der Waals surface area contributed by atoms with Crippen LogP contribution in [0.1, 0.15) is 42.6 Å². The Morgan fingerprint density at radius 3 is 3.11 bits per heavy atom. The molecule has 94 valence electrons. The summed E-state index contributed by atoms with van der Waals surface area (Å²) in [6.45, 7) is 2.16. The van der Waals surface area contributed by atoms with Crippen LogP contribution in [0.4, 0.5) is 0 Å². The van der Waals surface area contributed by atoms with E-state index in [2.05, 4.69) is 17.2 Å². The smallest absolute Gasteiger partial charge is 0.337 e. The molecule has 0 spiro atoms. The van der Waals surface area contributed by atoms with Crippen molar-refractivity contribution >= 4 is 17.0 Å². The molecule has 0 saturated heterocycles. The highest BCUT2D eigenvalue weighted by atomic mass is 16.4. The Balaban J connectivity index is 2.06. The summed E-state index contributed by atoms with van der Waals surface area (Å²) in [5.41, 5.74) is 1.62. The second kappa shape index (κ2) is 4.08. The highest BCUT2D eigenvalue weighted by Crippen LogP contribution is 2.47. The van der Waals surface area contributed by atoms with Gasteiger partial charge in [0.15, 0.2) is 0 Å². The largest absolute Gasteiger partial charge is 0.478 e. The van der Waals surface area contributed by atoms with Crippen LogP contribution >= 0.6 is 0 Å². The monoisotopic (exact) mass is 245 g/mol. The maximum Gasteiger partial charge on any atom is 0.337 e. The van der Waals surface area contributed by atoms with Crippen molar-refractivity contribution < 1.29 is 9.90 Å². The molecule has 2 atom stereocenters. The molecule has 2 unspecified atom stereocenters. The molecule has 5 nitrogen and oxygen atoms in total. The normalized spacial score (nSPS) is 22.3. The zero-order valence-corrected chi connectivity index (χ0v) is 10.2. The van der Waals surface area contributed by atoms with E-state index in [0.29, 0.717) is 28.6 Å². The number of nitrogens with zero attached hydrogens (tertiary/aromatic N) is 3. The fourth-order valence-electron chi connectivity index (χ4n) is 2.61. The average molecular weight is 245 g/mol. The zero-order valence-electron chi connectivity index (χ0n) is 10.2. The first-order chi connectivity index (χ1) is 8.72. The third kappa shape index (κ3) is 1.66. The Bertz CT molecular complexity index is 605. The van der Waals surface area contributed by atoms with Gasteiger partial charge in [0.1, 0.15) is 11.0 Å². The summed E-state index contributed by atoms with van der Waals surface area (Å²) in [7, 11) is 0. The number of para-hydroxylation sites is 1. The highest BCUT2D eigenvalue weighted by molar-refractivity contribution is 6.00. The summed E-state index contributed by atoms with van der Waals surface area (Å²) >= 11 is 0. The molecule has 1 saturated carbocycles. The van der Waals surface area contributed by atoms with E-state index in [1.807, 2.05) is 6.07 Å². The molecule has 1 fully saturated rings. The molecule has 1 aliphatic carbocycles. The van der Waals surface area contributed by atoms with Gasteiger partial charge in [-0.15, -0.1) is 5.10 Å². The summed E-state index contributed by atoms with van der Waals surface area (Å²) in [6.07, 6.45) is 3.40. The number of benzene rings is 1. The lowest BCUT2D eigenvalue weighted by Crippen LogP contribution is -2.04. The maximum absolute atomic E-state index is 11.2. The van der Waals surface area contributed by atoms with Crippen molar-refractivity contribution in [1.82, 2.24) is 15.0 Å². The minimum atomic E-state index is -0.920. The molecule has 0 amide bonds. The van der Waals surface area contributed by atoms with Gasteiger partial charge in [0.2, 0.25) is 0 Å². The Kier molecular flexibility index (Phi) is 2.54. The van der Waals surface area contributed by atoms with Gasteiger partial charge in [-0.25, -0.2) is 9.48 Å². The van der Waals surface area contributed by atoms with E-state index in [-0.39, 0.29) is 0 Å². The minimum Gasteiger partial charge on any atom is -0.478 e. The van der Waals surface area contributed by atoms with Crippen LogP contribution in [-0.2, 0) is 0 Å². The van der Waals surface area contributed by atoms with Crippen molar-refractivity contribution in [3.63, 3.8) is 0 Å². The number of fused-ring (bicyclic) bond motifs is 1. The third-order valence-electron chi connectivity index (χ3n) is 3.58. The topological polar surface area (TPSA) is 68.0 Å². The summed E-state index contributed by atoms with van der Waals surface area (Å²) in [5.74, 6) is -0.293. The molecule has 1 aliphatic rings. The van der Waals surface area contributed by atoms with Gasteiger partial charge in [-0.2, -0.15) is 0 Å². The van der Waals surface area contributed by atoms with E-state index in [4.69, 9.17) is 0 Å². The van der Waals surface area contributed by atoms with Crippen molar-refractivity contribution in [2.24, 2.45) is 5.92 Å². The molecular formula is C13H15N3O2. The van der Waals surface area contributed by atoms with Crippen LogP contribution < -0.4 is 0 Å². The Labute approximate surface area is 104 Å². The molecular weight excluding hydrogens is 230 g/mol. The lowest BCUT2D eigenvalue weighted by atomic mass is 10.2. The number of carbonyl (C=O) groups is 1. The van der Waals surface area contributed by atoms with Gasteiger partial charge in [0.05, 0.1) is 11.6 Å². The van der Waals surface area contributed by atoms with Gasteiger partial charge >= 0.3 is 5.97 Å². The number of hydrogen-bond donors (Lipinski definition) is 1. The van der Waals surface area contributed by atoms with Crippen molar-refractivity contribution in [1.29, 1.82) is 0 Å². The number of carboxylic acid groups (broad SMARTS) is 1. The van der Waals surface area contributed by atoms with Crippen LogP contribution in [0.3, 0.4) is 0 Å². The number of rotatable bonds is 4. The third-order valence-corrected chi connectivity index (χ3v) is 3.58. The second-order valence-corrected chi connectivity index (χ2v) is 4.86. The first-order valence-electron chi connectivity index (χ1n) is 6.29. The van der Waals surface area contributed by atoms with Gasteiger partial charge < -0.3 is 5.11 Å². The van der Waals surface area contributed by atoms with Crippen LogP contribution in [0.25, 0.3) is 11.0 Å². The molecule has 2 aromatic rings. The molecule has 1 heterocycles. The first-order valence-corrected chi connectivity index (χ1v) is 6.29. The number of hydrogen-bond acceptors (Lipinski definition) is 3. The van der Waals surface area contributed by atoms with E-state index in [9.17, 15) is 9.90 Å². The number of aromatic nitrogens is 3. The Morgan fingerprint density at radius 1 is 1.56 bits per heavy atom. The molecule has 0 bridgehead atoms.